The van der Waals surface area contributed by atoms with E-state index in [1.54, 1.807) is 0 Å². The largest absolute Gasteiger partial charge is 0.311 e. The van der Waals surface area contributed by atoms with Gasteiger partial charge in [0, 0.05) is 32.2 Å². The van der Waals surface area contributed by atoms with E-state index in [1.807, 2.05) is 0 Å². The maximum atomic E-state index is 14.5. The minimum atomic E-state index is -2.65. The van der Waals surface area contributed by atoms with Gasteiger partial charge in [-0.2, -0.15) is 0 Å². The third-order valence-electron chi connectivity index (χ3n) is 5.97. The fraction of sp³-hybridized carbons (Fsp3) is 0.684. The predicted octanol–water partition coefficient (Wildman–Crippen LogP) is 4.49. The van der Waals surface area contributed by atoms with Crippen LogP contribution in [0.15, 0.2) is 12.1 Å². The number of benzene rings is 1. The van der Waals surface area contributed by atoms with Gasteiger partial charge in [0.15, 0.2) is 0 Å². The lowest BCUT2D eigenvalue weighted by Crippen LogP contribution is -2.37. The van der Waals surface area contributed by atoms with Gasteiger partial charge < -0.3 is 0 Å². The molecule has 24 heavy (non-hydrogen) atoms. The van der Waals surface area contributed by atoms with E-state index in [-0.39, 0.29) is 0 Å². The summed E-state index contributed by atoms with van der Waals surface area (Å²) in [6.45, 7) is 10.4. The minimum absolute atomic E-state index is 0.470. The monoisotopic (exact) mass is 347 g/mol. The molecule has 1 aromatic carbocycles. The number of piperidine rings is 1. The van der Waals surface area contributed by atoms with Crippen LogP contribution in [0.2, 0.25) is 0 Å². The molecule has 0 amide bonds. The molecular formula is C19H30N3OP. The first kappa shape index (κ1) is 16.6. The standard InChI is InChI=1S/C19H30N3OP/c1-15-12-16(2)19(17(3)13-15)22-14-18-8-7-11-21(18)24(22,23)20-9-5-4-6-10-20/h12-13,18H,4-11,14H2,1-3H3. The van der Waals surface area contributed by atoms with E-state index in [0.717, 1.165) is 26.2 Å². The summed E-state index contributed by atoms with van der Waals surface area (Å²) < 4.78 is 21.5. The average Bonchev–Trinajstić information content (AvgIpc) is 3.11. The molecule has 3 aliphatic rings. The molecule has 5 heteroatoms. The van der Waals surface area contributed by atoms with Crippen LogP contribution in [0.25, 0.3) is 0 Å². The third-order valence-corrected chi connectivity index (χ3v) is 9.30. The van der Waals surface area contributed by atoms with Gasteiger partial charge in [-0.25, -0.2) is 9.34 Å². The van der Waals surface area contributed by atoms with E-state index in [1.165, 1.54) is 54.5 Å². The van der Waals surface area contributed by atoms with E-state index in [2.05, 4.69) is 46.9 Å². The smallest absolute Gasteiger partial charge is 0.297 e. The van der Waals surface area contributed by atoms with Crippen molar-refractivity contribution in [3.63, 3.8) is 0 Å². The molecule has 3 saturated heterocycles. The Hall–Kier alpha value is -0.830. The van der Waals surface area contributed by atoms with E-state index in [0.29, 0.717) is 6.04 Å². The number of aryl methyl sites for hydroxylation is 3. The molecule has 4 nitrogen and oxygen atoms in total. The lowest BCUT2D eigenvalue weighted by molar-refractivity contribution is 0.309. The number of rotatable bonds is 2. The molecule has 0 spiro atoms. The van der Waals surface area contributed by atoms with Crippen molar-refractivity contribution < 1.29 is 4.57 Å². The molecular weight excluding hydrogens is 317 g/mol. The van der Waals surface area contributed by atoms with Gasteiger partial charge in [0.25, 0.3) is 0 Å². The maximum absolute atomic E-state index is 14.5. The first-order chi connectivity index (χ1) is 11.5. The summed E-state index contributed by atoms with van der Waals surface area (Å²) in [4.78, 5) is 0. The molecule has 3 fully saturated rings. The molecule has 0 radical (unpaired) electrons. The zero-order valence-corrected chi connectivity index (χ0v) is 16.2. The van der Waals surface area contributed by atoms with Gasteiger partial charge in [0.2, 0.25) is 0 Å². The van der Waals surface area contributed by atoms with Crippen LogP contribution in [0.4, 0.5) is 5.69 Å². The molecule has 0 bridgehead atoms. The van der Waals surface area contributed by atoms with Crippen molar-refractivity contribution in [1.29, 1.82) is 0 Å². The topological polar surface area (TPSA) is 26.8 Å². The molecule has 4 rings (SSSR count). The van der Waals surface area contributed by atoms with E-state index < -0.39 is 7.59 Å². The van der Waals surface area contributed by atoms with Gasteiger partial charge in [-0.1, -0.05) is 24.1 Å². The van der Waals surface area contributed by atoms with E-state index in [4.69, 9.17) is 0 Å². The van der Waals surface area contributed by atoms with Crippen LogP contribution in [0.3, 0.4) is 0 Å². The summed E-state index contributed by atoms with van der Waals surface area (Å²) in [6.07, 6.45) is 6.04. The highest BCUT2D eigenvalue weighted by Gasteiger charge is 2.54. The lowest BCUT2D eigenvalue weighted by Gasteiger charge is -2.41. The normalized spacial score (nSPS) is 31.6. The Bertz CT molecular complexity index is 660. The van der Waals surface area contributed by atoms with Crippen molar-refractivity contribution in [2.75, 3.05) is 30.8 Å². The molecule has 132 valence electrons. The van der Waals surface area contributed by atoms with Crippen LogP contribution in [-0.4, -0.2) is 41.6 Å². The van der Waals surface area contributed by atoms with Crippen molar-refractivity contribution >= 4 is 13.3 Å². The van der Waals surface area contributed by atoms with Crippen molar-refractivity contribution in [2.24, 2.45) is 0 Å². The maximum Gasteiger partial charge on any atom is 0.311 e. The average molecular weight is 347 g/mol. The molecule has 0 N–H and O–H groups in total. The van der Waals surface area contributed by atoms with Gasteiger partial charge in [-0.05, 0) is 57.6 Å². The minimum Gasteiger partial charge on any atom is -0.297 e. The van der Waals surface area contributed by atoms with E-state index in [9.17, 15) is 4.57 Å². The Balaban J connectivity index is 1.80. The fourth-order valence-electron chi connectivity index (χ4n) is 5.05. The summed E-state index contributed by atoms with van der Waals surface area (Å²) >= 11 is 0. The van der Waals surface area contributed by atoms with Crippen LogP contribution in [0.5, 0.6) is 0 Å². The second kappa shape index (κ2) is 6.16. The van der Waals surface area contributed by atoms with Crippen LogP contribution < -0.4 is 4.67 Å². The quantitative estimate of drug-likeness (QED) is 0.737. The highest BCUT2D eigenvalue weighted by Crippen LogP contribution is 2.66. The van der Waals surface area contributed by atoms with Crippen molar-refractivity contribution in [3.05, 3.63) is 28.8 Å². The molecule has 0 saturated carbocycles. The lowest BCUT2D eigenvalue weighted by atomic mass is 10.0. The van der Waals surface area contributed by atoms with Crippen LogP contribution in [0, 0.1) is 20.8 Å². The van der Waals surface area contributed by atoms with Gasteiger partial charge >= 0.3 is 7.59 Å². The summed E-state index contributed by atoms with van der Waals surface area (Å²) in [5.74, 6) is 0. The van der Waals surface area contributed by atoms with Gasteiger partial charge in [-0.3, -0.25) is 9.24 Å². The van der Waals surface area contributed by atoms with E-state index >= 15 is 0 Å². The summed E-state index contributed by atoms with van der Waals surface area (Å²) in [7, 11) is -2.65. The first-order valence-electron chi connectivity index (χ1n) is 9.50. The Morgan fingerprint density at radius 3 is 2.29 bits per heavy atom. The van der Waals surface area contributed by atoms with Gasteiger partial charge in [-0.15, -0.1) is 0 Å². The van der Waals surface area contributed by atoms with Gasteiger partial charge in [0.05, 0.1) is 5.69 Å². The van der Waals surface area contributed by atoms with Crippen molar-refractivity contribution in [1.82, 2.24) is 9.34 Å². The second-order valence-electron chi connectivity index (χ2n) is 7.82. The first-order valence-corrected chi connectivity index (χ1v) is 11.1. The van der Waals surface area contributed by atoms with Crippen molar-refractivity contribution in [2.45, 2.75) is 58.9 Å². The number of nitrogens with zero attached hydrogens (tertiary/aromatic N) is 3. The van der Waals surface area contributed by atoms with Crippen LogP contribution in [0.1, 0.15) is 48.8 Å². The Morgan fingerprint density at radius 2 is 1.62 bits per heavy atom. The Labute approximate surface area is 146 Å². The zero-order valence-electron chi connectivity index (χ0n) is 15.3. The molecule has 0 aromatic heterocycles. The highest BCUT2D eigenvalue weighted by atomic mass is 31.2. The summed E-state index contributed by atoms with van der Waals surface area (Å²) in [5, 5.41) is 0. The fourth-order valence-corrected chi connectivity index (χ4v) is 8.75. The molecule has 3 heterocycles. The SMILES string of the molecule is Cc1cc(C)c(N2CC3CCCN3P2(=O)N2CCCCC2)c(C)c1. The number of hydrogen-bond donors (Lipinski definition) is 0. The highest BCUT2D eigenvalue weighted by molar-refractivity contribution is 7.61. The van der Waals surface area contributed by atoms with Crippen LogP contribution in [-0.2, 0) is 4.57 Å². The third kappa shape index (κ3) is 2.46. The molecule has 1 aromatic rings. The Kier molecular flexibility index (Phi) is 4.27. The van der Waals surface area contributed by atoms with Crippen molar-refractivity contribution in [3.8, 4) is 0 Å². The van der Waals surface area contributed by atoms with Crippen LogP contribution >= 0.6 is 7.59 Å². The molecule has 3 aliphatic heterocycles. The number of hydrogen-bond acceptors (Lipinski definition) is 1. The second-order valence-corrected chi connectivity index (χ2v) is 10.4. The molecule has 0 aliphatic carbocycles. The molecule has 2 atom stereocenters. The number of fused-ring (bicyclic) bond motifs is 1. The van der Waals surface area contributed by atoms with Gasteiger partial charge in [0.1, 0.15) is 0 Å². The predicted molar refractivity (Wildman–Crippen MR) is 101 cm³/mol. The summed E-state index contributed by atoms with van der Waals surface area (Å²) in [6, 6.07) is 4.95. The zero-order chi connectivity index (χ0) is 16.9. The Morgan fingerprint density at radius 1 is 0.958 bits per heavy atom. The molecule has 2 unspecified atom stereocenters. The summed E-state index contributed by atoms with van der Waals surface area (Å²) in [5.41, 5.74) is 5.06. The number of anilines is 1.